The van der Waals surface area contributed by atoms with E-state index in [0.29, 0.717) is 20.7 Å². The van der Waals surface area contributed by atoms with Gasteiger partial charge in [0.1, 0.15) is 6.42 Å². The van der Waals surface area contributed by atoms with Gasteiger partial charge in [0.2, 0.25) is 21.8 Å². The predicted molar refractivity (Wildman–Crippen MR) is 126 cm³/mol. The van der Waals surface area contributed by atoms with E-state index in [1.54, 1.807) is 24.3 Å². The first-order chi connectivity index (χ1) is 15.1. The van der Waals surface area contributed by atoms with Gasteiger partial charge in [-0.25, -0.2) is 18.1 Å². The SMILES string of the molecule is CS(=O)(=O)NCc1nc(NC(=O)CC(=O)Nc2ccccc2C(=O)C2CCCC2)sc1Br. The summed E-state index contributed by atoms with van der Waals surface area (Å²) in [5.41, 5.74) is 1.27. The zero-order valence-electron chi connectivity index (χ0n) is 17.3. The van der Waals surface area contributed by atoms with Crippen LogP contribution in [0.5, 0.6) is 0 Å². The molecule has 0 saturated heterocycles. The van der Waals surface area contributed by atoms with E-state index in [2.05, 4.69) is 36.3 Å². The second-order valence-electron chi connectivity index (χ2n) is 7.50. The Balaban J connectivity index is 1.58. The first kappa shape index (κ1) is 24.5. The molecule has 0 unspecified atom stereocenters. The summed E-state index contributed by atoms with van der Waals surface area (Å²) in [6.45, 7) is -0.0297. The third-order valence-electron chi connectivity index (χ3n) is 4.91. The molecule has 1 fully saturated rings. The molecule has 0 atom stereocenters. The summed E-state index contributed by atoms with van der Waals surface area (Å²) in [6, 6.07) is 6.81. The Morgan fingerprint density at radius 3 is 2.47 bits per heavy atom. The number of carbonyl (C=O) groups is 3. The largest absolute Gasteiger partial charge is 0.325 e. The van der Waals surface area contributed by atoms with Crippen LogP contribution in [0.15, 0.2) is 28.1 Å². The van der Waals surface area contributed by atoms with Crippen molar-refractivity contribution in [1.29, 1.82) is 0 Å². The van der Waals surface area contributed by atoms with Crippen molar-refractivity contribution in [3.63, 3.8) is 0 Å². The normalized spacial score (nSPS) is 14.3. The highest BCUT2D eigenvalue weighted by Crippen LogP contribution is 2.31. The molecule has 0 spiro atoms. The topological polar surface area (TPSA) is 134 Å². The van der Waals surface area contributed by atoms with Gasteiger partial charge in [-0.05, 0) is 40.9 Å². The molecule has 1 heterocycles. The lowest BCUT2D eigenvalue weighted by molar-refractivity contribution is -0.123. The van der Waals surface area contributed by atoms with E-state index in [4.69, 9.17) is 0 Å². The summed E-state index contributed by atoms with van der Waals surface area (Å²) in [7, 11) is -3.38. The summed E-state index contributed by atoms with van der Waals surface area (Å²) in [6.07, 6.45) is 4.35. The fraction of sp³-hybridized carbons (Fsp3) is 0.400. The molecule has 3 rings (SSSR count). The maximum atomic E-state index is 12.8. The Bertz CT molecular complexity index is 1130. The summed E-state index contributed by atoms with van der Waals surface area (Å²) >= 11 is 4.39. The quantitative estimate of drug-likeness (QED) is 0.328. The van der Waals surface area contributed by atoms with Crippen LogP contribution in [-0.2, 0) is 26.2 Å². The van der Waals surface area contributed by atoms with Crippen LogP contribution in [0.25, 0.3) is 0 Å². The minimum atomic E-state index is -3.38. The highest BCUT2D eigenvalue weighted by molar-refractivity contribution is 9.11. The molecule has 2 amide bonds. The molecule has 3 N–H and O–H groups in total. The number of hydrogen-bond acceptors (Lipinski definition) is 7. The molecule has 172 valence electrons. The number of amides is 2. The summed E-state index contributed by atoms with van der Waals surface area (Å²) < 4.78 is 25.3. The standard InChI is InChI=1S/C20H23BrN4O5S2/c1-32(29,30)22-11-15-19(21)31-20(24-15)25-17(27)10-16(26)23-14-9-5-4-8-13(14)18(28)12-6-2-3-7-12/h4-5,8-9,12,22H,2-3,6-7,10-11H2,1H3,(H,23,26)(H,24,25,27). The van der Waals surface area contributed by atoms with Crippen LogP contribution >= 0.6 is 27.3 Å². The number of sulfonamides is 1. The van der Waals surface area contributed by atoms with Crippen LogP contribution in [0.1, 0.15) is 48.2 Å². The smallest absolute Gasteiger partial charge is 0.235 e. The number of rotatable bonds is 9. The van der Waals surface area contributed by atoms with Crippen LogP contribution < -0.4 is 15.4 Å². The van der Waals surface area contributed by atoms with Crippen LogP contribution in [0.3, 0.4) is 0 Å². The first-order valence-corrected chi connectivity index (χ1v) is 13.5. The number of nitrogens with one attached hydrogen (secondary N) is 3. The minimum Gasteiger partial charge on any atom is -0.325 e. The molecule has 32 heavy (non-hydrogen) atoms. The summed E-state index contributed by atoms with van der Waals surface area (Å²) in [5, 5.41) is 5.43. The molecular weight excluding hydrogens is 520 g/mol. The number of halogens is 1. The maximum absolute atomic E-state index is 12.8. The van der Waals surface area contributed by atoms with Gasteiger partial charge in [-0.3, -0.25) is 14.4 Å². The molecule has 0 aliphatic heterocycles. The first-order valence-electron chi connectivity index (χ1n) is 9.95. The molecule has 2 aromatic rings. The van der Waals surface area contributed by atoms with E-state index in [1.165, 1.54) is 0 Å². The number of ketones is 1. The number of nitrogens with zero attached hydrogens (tertiary/aromatic N) is 1. The van der Waals surface area contributed by atoms with E-state index >= 15 is 0 Å². The Morgan fingerprint density at radius 2 is 1.78 bits per heavy atom. The van der Waals surface area contributed by atoms with Gasteiger partial charge in [-0.15, -0.1) is 0 Å². The number of Topliss-reactive ketones (excluding diaryl/α,β-unsaturated/α-hetero) is 1. The highest BCUT2D eigenvalue weighted by Gasteiger charge is 2.26. The zero-order valence-corrected chi connectivity index (χ0v) is 20.5. The third-order valence-corrected chi connectivity index (χ3v) is 7.33. The minimum absolute atomic E-state index is 0.0192. The molecule has 1 saturated carbocycles. The zero-order chi connectivity index (χ0) is 23.3. The molecule has 0 radical (unpaired) electrons. The molecule has 9 nitrogen and oxygen atoms in total. The molecule has 0 bridgehead atoms. The molecule has 1 aliphatic carbocycles. The number of carbonyl (C=O) groups excluding carboxylic acids is 3. The summed E-state index contributed by atoms with van der Waals surface area (Å²) in [4.78, 5) is 41.6. The van der Waals surface area contributed by atoms with E-state index in [-0.39, 0.29) is 23.4 Å². The van der Waals surface area contributed by atoms with Gasteiger partial charge in [-0.1, -0.05) is 36.3 Å². The van der Waals surface area contributed by atoms with Gasteiger partial charge in [0.15, 0.2) is 10.9 Å². The van der Waals surface area contributed by atoms with Gasteiger partial charge < -0.3 is 10.6 Å². The molecule has 1 aromatic heterocycles. The van der Waals surface area contributed by atoms with Gasteiger partial charge in [0, 0.05) is 11.5 Å². The van der Waals surface area contributed by atoms with Gasteiger partial charge in [-0.2, -0.15) is 0 Å². The highest BCUT2D eigenvalue weighted by atomic mass is 79.9. The Labute approximate surface area is 198 Å². The predicted octanol–water partition coefficient (Wildman–Crippen LogP) is 3.30. The number of anilines is 2. The van der Waals surface area contributed by atoms with Gasteiger partial charge in [0.05, 0.1) is 28.0 Å². The number of benzene rings is 1. The lowest BCUT2D eigenvalue weighted by atomic mass is 9.95. The number of aromatic nitrogens is 1. The average Bonchev–Trinajstić information content (AvgIpc) is 3.35. The molecular formula is C20H23BrN4O5S2. The van der Waals surface area contributed by atoms with Gasteiger partial charge in [0.25, 0.3) is 0 Å². The second-order valence-corrected chi connectivity index (χ2v) is 11.6. The number of para-hydroxylation sites is 1. The van der Waals surface area contributed by atoms with Crippen LogP contribution in [-0.4, -0.2) is 37.3 Å². The van der Waals surface area contributed by atoms with Crippen molar-refractivity contribution in [1.82, 2.24) is 9.71 Å². The molecule has 12 heteroatoms. The Kier molecular flexibility index (Phi) is 8.15. The van der Waals surface area contributed by atoms with E-state index < -0.39 is 28.3 Å². The van der Waals surface area contributed by atoms with E-state index in [0.717, 1.165) is 43.3 Å². The van der Waals surface area contributed by atoms with E-state index in [9.17, 15) is 22.8 Å². The van der Waals surface area contributed by atoms with E-state index in [1.807, 2.05) is 0 Å². The van der Waals surface area contributed by atoms with Crippen molar-refractivity contribution in [2.75, 3.05) is 16.9 Å². The lowest BCUT2D eigenvalue weighted by Gasteiger charge is -2.13. The Morgan fingerprint density at radius 1 is 1.12 bits per heavy atom. The van der Waals surface area contributed by atoms with Crippen LogP contribution in [0.2, 0.25) is 0 Å². The molecule has 1 aromatic carbocycles. The van der Waals surface area contributed by atoms with Crippen molar-refractivity contribution in [2.45, 2.75) is 38.6 Å². The fourth-order valence-electron chi connectivity index (χ4n) is 3.41. The monoisotopic (exact) mass is 542 g/mol. The van der Waals surface area contributed by atoms with Crippen molar-refractivity contribution in [3.05, 3.63) is 39.3 Å². The average molecular weight is 543 g/mol. The Hall–Kier alpha value is -2.15. The number of thiazole rings is 1. The van der Waals surface area contributed by atoms with Gasteiger partial charge >= 0.3 is 0 Å². The summed E-state index contributed by atoms with van der Waals surface area (Å²) in [5.74, 6) is -1.13. The third kappa shape index (κ3) is 6.92. The van der Waals surface area contributed by atoms with Crippen molar-refractivity contribution in [2.24, 2.45) is 5.92 Å². The second kappa shape index (κ2) is 10.6. The number of hydrogen-bond donors (Lipinski definition) is 3. The molecule has 1 aliphatic rings. The fourth-order valence-corrected chi connectivity index (χ4v) is 5.23. The van der Waals surface area contributed by atoms with Crippen molar-refractivity contribution in [3.8, 4) is 0 Å². The lowest BCUT2D eigenvalue weighted by Crippen LogP contribution is -2.23. The van der Waals surface area contributed by atoms with Crippen molar-refractivity contribution < 1.29 is 22.8 Å². The van der Waals surface area contributed by atoms with Crippen LogP contribution in [0.4, 0.5) is 10.8 Å². The van der Waals surface area contributed by atoms with Crippen LogP contribution in [0, 0.1) is 5.92 Å². The van der Waals surface area contributed by atoms with Crippen molar-refractivity contribution >= 4 is 65.7 Å². The maximum Gasteiger partial charge on any atom is 0.235 e.